The predicted molar refractivity (Wildman–Crippen MR) is 112 cm³/mol. The van der Waals surface area contributed by atoms with E-state index in [0.717, 1.165) is 5.56 Å². The molecule has 0 bridgehead atoms. The lowest BCUT2D eigenvalue weighted by Gasteiger charge is -2.15. The number of para-hydroxylation sites is 1. The highest BCUT2D eigenvalue weighted by atomic mass is 35.5. The lowest BCUT2D eigenvalue weighted by atomic mass is 10.0. The third-order valence-corrected chi connectivity index (χ3v) is 4.15. The van der Waals surface area contributed by atoms with Crippen LogP contribution in [0.15, 0.2) is 54.6 Å². The molecule has 0 unspecified atom stereocenters. The Labute approximate surface area is 169 Å². The molecule has 0 fully saturated rings. The molecular weight excluding hydrogens is 376 g/mol. The molecule has 0 saturated carbocycles. The second-order valence-electron chi connectivity index (χ2n) is 5.74. The first kappa shape index (κ1) is 21.1. The molecule has 0 aliphatic carbocycles. The van der Waals surface area contributed by atoms with E-state index in [2.05, 4.69) is 11.9 Å². The van der Waals surface area contributed by atoms with Gasteiger partial charge in [0.15, 0.2) is 11.5 Å². The minimum absolute atomic E-state index is 0.0596. The minimum Gasteiger partial charge on any atom is -0.493 e. The number of carbonyl (C=O) groups is 1. The zero-order valence-corrected chi connectivity index (χ0v) is 16.5. The van der Waals surface area contributed by atoms with Gasteiger partial charge in [0.2, 0.25) is 0 Å². The van der Waals surface area contributed by atoms with Gasteiger partial charge in [0.05, 0.1) is 24.4 Å². The highest BCUT2D eigenvalue weighted by molar-refractivity contribution is 6.34. The maximum atomic E-state index is 12.5. The van der Waals surface area contributed by atoms with Crippen LogP contribution < -0.4 is 14.8 Å². The molecule has 2 aromatic rings. The summed E-state index contributed by atoms with van der Waals surface area (Å²) in [4.78, 5) is 12.5. The zero-order valence-electron chi connectivity index (χ0n) is 15.8. The van der Waals surface area contributed by atoms with Gasteiger partial charge < -0.3 is 14.8 Å². The average Bonchev–Trinajstić information content (AvgIpc) is 2.69. The molecule has 0 saturated heterocycles. The minimum atomic E-state index is -0.547. The van der Waals surface area contributed by atoms with Gasteiger partial charge in [0, 0.05) is 5.56 Å². The fourth-order valence-electron chi connectivity index (χ4n) is 2.60. The number of carbonyl (C=O) groups excluding carboxylic acids is 1. The molecule has 1 N–H and O–H groups in total. The number of benzene rings is 2. The summed E-state index contributed by atoms with van der Waals surface area (Å²) < 4.78 is 11.1. The molecule has 0 aromatic heterocycles. The van der Waals surface area contributed by atoms with Crippen molar-refractivity contribution in [1.29, 1.82) is 5.26 Å². The van der Waals surface area contributed by atoms with Gasteiger partial charge in [-0.2, -0.15) is 5.26 Å². The number of ether oxygens (including phenoxy) is 2. The Balaban J connectivity index is 2.41. The molecule has 0 radical (unpaired) electrons. The summed E-state index contributed by atoms with van der Waals surface area (Å²) in [6.07, 6.45) is 3.80. The largest absolute Gasteiger partial charge is 0.493 e. The first-order valence-corrected chi connectivity index (χ1v) is 9.04. The zero-order chi connectivity index (χ0) is 20.5. The van der Waals surface area contributed by atoms with Gasteiger partial charge in [-0.25, -0.2) is 0 Å². The molecule has 2 rings (SSSR count). The van der Waals surface area contributed by atoms with Crippen LogP contribution in [0.25, 0.3) is 6.08 Å². The van der Waals surface area contributed by atoms with Gasteiger partial charge in [-0.3, -0.25) is 4.79 Å². The molecule has 0 heterocycles. The Bertz CT molecular complexity index is 945. The molecule has 0 atom stereocenters. The maximum Gasteiger partial charge on any atom is 0.266 e. The van der Waals surface area contributed by atoms with Gasteiger partial charge in [-0.05, 0) is 49.2 Å². The van der Waals surface area contributed by atoms with Crippen LogP contribution in [-0.4, -0.2) is 19.6 Å². The van der Waals surface area contributed by atoms with E-state index in [9.17, 15) is 10.1 Å². The van der Waals surface area contributed by atoms with Crippen molar-refractivity contribution in [3.8, 4) is 17.6 Å². The monoisotopic (exact) mass is 396 g/mol. The molecule has 28 heavy (non-hydrogen) atoms. The summed E-state index contributed by atoms with van der Waals surface area (Å²) in [5.74, 6) is 0.603. The number of nitrogens with zero attached hydrogens (tertiary/aromatic N) is 1. The lowest BCUT2D eigenvalue weighted by Crippen LogP contribution is -2.13. The number of allylic oxidation sites excluding steroid dienone is 1. The summed E-state index contributed by atoms with van der Waals surface area (Å²) >= 11 is 6.06. The Hall–Kier alpha value is -3.23. The van der Waals surface area contributed by atoms with Crippen molar-refractivity contribution in [3.05, 3.63) is 70.8 Å². The summed E-state index contributed by atoms with van der Waals surface area (Å²) in [5.41, 5.74) is 1.87. The van der Waals surface area contributed by atoms with Crippen LogP contribution in [0.3, 0.4) is 0 Å². The Morgan fingerprint density at radius 2 is 2.11 bits per heavy atom. The molecule has 0 aliphatic rings. The Kier molecular flexibility index (Phi) is 7.67. The third kappa shape index (κ3) is 5.15. The third-order valence-electron chi connectivity index (χ3n) is 3.83. The van der Waals surface area contributed by atoms with Crippen molar-refractivity contribution in [2.75, 3.05) is 19.0 Å². The van der Waals surface area contributed by atoms with Crippen molar-refractivity contribution in [1.82, 2.24) is 0 Å². The van der Waals surface area contributed by atoms with Crippen LogP contribution in [0.1, 0.15) is 18.1 Å². The van der Waals surface area contributed by atoms with E-state index >= 15 is 0 Å². The predicted octanol–water partition coefficient (Wildman–Crippen LogP) is 5.02. The number of anilines is 1. The molecular formula is C22H21ClN2O3. The number of nitrogens with one attached hydrogen (secondary N) is 1. The van der Waals surface area contributed by atoms with E-state index < -0.39 is 5.91 Å². The van der Waals surface area contributed by atoms with E-state index in [0.29, 0.717) is 40.8 Å². The number of rotatable bonds is 8. The maximum absolute atomic E-state index is 12.5. The van der Waals surface area contributed by atoms with E-state index in [1.165, 1.54) is 6.08 Å². The first-order chi connectivity index (χ1) is 13.5. The van der Waals surface area contributed by atoms with Crippen LogP contribution in [0.2, 0.25) is 5.02 Å². The van der Waals surface area contributed by atoms with E-state index in [1.54, 1.807) is 43.5 Å². The number of halogens is 1. The van der Waals surface area contributed by atoms with Crippen LogP contribution >= 0.6 is 11.6 Å². The van der Waals surface area contributed by atoms with Crippen molar-refractivity contribution < 1.29 is 14.3 Å². The van der Waals surface area contributed by atoms with Crippen molar-refractivity contribution in [2.24, 2.45) is 0 Å². The van der Waals surface area contributed by atoms with Crippen molar-refractivity contribution >= 4 is 29.3 Å². The highest BCUT2D eigenvalue weighted by Crippen LogP contribution is 2.34. The molecule has 1 amide bonds. The number of hydrogen-bond acceptors (Lipinski definition) is 4. The van der Waals surface area contributed by atoms with Crippen molar-refractivity contribution in [2.45, 2.75) is 13.3 Å². The topological polar surface area (TPSA) is 71.4 Å². The first-order valence-electron chi connectivity index (χ1n) is 8.66. The van der Waals surface area contributed by atoms with Gasteiger partial charge in [-0.15, -0.1) is 6.58 Å². The van der Waals surface area contributed by atoms with Gasteiger partial charge in [0.1, 0.15) is 11.6 Å². The SMILES string of the molecule is C=CCc1cc(/C=C(\C#N)C(=O)Nc2ccccc2Cl)cc(OC)c1OCC. The van der Waals surface area contributed by atoms with E-state index in [4.69, 9.17) is 21.1 Å². The normalized spacial score (nSPS) is 10.7. The van der Waals surface area contributed by atoms with Crippen molar-refractivity contribution in [3.63, 3.8) is 0 Å². The van der Waals surface area contributed by atoms with Gasteiger partial charge in [-0.1, -0.05) is 29.8 Å². The summed E-state index contributed by atoms with van der Waals surface area (Å²) in [6, 6.07) is 12.3. The van der Waals surface area contributed by atoms with Crippen LogP contribution in [0, 0.1) is 11.3 Å². The molecule has 5 nitrogen and oxygen atoms in total. The molecule has 144 valence electrons. The molecule has 0 spiro atoms. The number of hydrogen-bond donors (Lipinski definition) is 1. The smallest absolute Gasteiger partial charge is 0.266 e. The Morgan fingerprint density at radius 1 is 1.36 bits per heavy atom. The number of nitriles is 1. The van der Waals surface area contributed by atoms with E-state index in [-0.39, 0.29) is 5.57 Å². The quantitative estimate of drug-likeness (QED) is 0.386. The van der Waals surface area contributed by atoms with Gasteiger partial charge in [0.25, 0.3) is 5.91 Å². The fourth-order valence-corrected chi connectivity index (χ4v) is 2.78. The average molecular weight is 397 g/mol. The highest BCUT2D eigenvalue weighted by Gasteiger charge is 2.15. The standard InChI is InChI=1S/C22H21ClN2O3/c1-4-8-16-11-15(13-20(27-3)21(16)28-5-2)12-17(14-24)22(26)25-19-10-7-6-9-18(19)23/h4,6-7,9-13H,1,5,8H2,2-3H3,(H,25,26)/b17-12+. The van der Waals surface area contributed by atoms with Gasteiger partial charge >= 0.3 is 0 Å². The number of amides is 1. The van der Waals surface area contributed by atoms with Crippen LogP contribution in [-0.2, 0) is 11.2 Å². The van der Waals surface area contributed by atoms with Crippen LogP contribution in [0.5, 0.6) is 11.5 Å². The second-order valence-corrected chi connectivity index (χ2v) is 6.15. The fraction of sp³-hybridized carbons (Fsp3) is 0.182. The summed E-state index contributed by atoms with van der Waals surface area (Å²) in [6.45, 7) is 6.13. The van der Waals surface area contributed by atoms with Crippen LogP contribution in [0.4, 0.5) is 5.69 Å². The Morgan fingerprint density at radius 3 is 2.71 bits per heavy atom. The van der Waals surface area contributed by atoms with E-state index in [1.807, 2.05) is 19.1 Å². The second kappa shape index (κ2) is 10.2. The number of methoxy groups -OCH3 is 1. The molecule has 0 aliphatic heterocycles. The molecule has 2 aromatic carbocycles. The molecule has 6 heteroatoms. The summed E-state index contributed by atoms with van der Waals surface area (Å²) in [7, 11) is 1.54. The summed E-state index contributed by atoms with van der Waals surface area (Å²) in [5, 5.41) is 12.5. The lowest BCUT2D eigenvalue weighted by molar-refractivity contribution is -0.112.